The molecule has 1 aliphatic heterocycles. The van der Waals surface area contributed by atoms with Crippen molar-refractivity contribution in [2.75, 3.05) is 13.1 Å². The second kappa shape index (κ2) is 8.05. The maximum atomic E-state index is 12.7. The molecule has 0 aliphatic carbocycles. The maximum Gasteiger partial charge on any atom is 0.253 e. The highest BCUT2D eigenvalue weighted by Crippen LogP contribution is 2.21. The average Bonchev–Trinajstić information content (AvgIpc) is 3.27. The summed E-state index contributed by atoms with van der Waals surface area (Å²) in [5, 5.41) is 9.12. The lowest BCUT2D eigenvalue weighted by molar-refractivity contribution is 0.0699. The van der Waals surface area contributed by atoms with E-state index in [4.69, 9.17) is 5.26 Å². The van der Waals surface area contributed by atoms with Gasteiger partial charge in [0.2, 0.25) is 0 Å². The minimum atomic E-state index is -0.0537. The number of pyridine rings is 1. The maximum absolute atomic E-state index is 12.7. The van der Waals surface area contributed by atoms with Crippen LogP contribution in [0.4, 0.5) is 0 Å². The number of hydrogen-bond acceptors (Lipinski definition) is 4. The van der Waals surface area contributed by atoms with E-state index in [0.717, 1.165) is 42.8 Å². The van der Waals surface area contributed by atoms with Crippen molar-refractivity contribution in [1.82, 2.24) is 19.4 Å². The SMILES string of the molecule is N#C[C@H]1CCCN(C(=O)c2ccc(-c3ccc(Cn4ccnc4)cn3)cc2)C1. The van der Waals surface area contributed by atoms with Crippen LogP contribution in [0.25, 0.3) is 11.3 Å². The molecule has 3 aromatic rings. The third-order valence-corrected chi connectivity index (χ3v) is 5.07. The molecule has 1 saturated heterocycles. The Morgan fingerprint density at radius 2 is 2.07 bits per heavy atom. The summed E-state index contributed by atoms with van der Waals surface area (Å²) in [5.74, 6) is -0.0582. The predicted molar refractivity (Wildman–Crippen MR) is 105 cm³/mol. The number of carbonyl (C=O) groups is 1. The van der Waals surface area contributed by atoms with Gasteiger partial charge in [0, 0.05) is 49.4 Å². The highest BCUT2D eigenvalue weighted by molar-refractivity contribution is 5.94. The van der Waals surface area contributed by atoms with Crippen LogP contribution in [0.15, 0.2) is 61.3 Å². The summed E-state index contributed by atoms with van der Waals surface area (Å²) in [5.41, 5.74) is 3.60. The third kappa shape index (κ3) is 3.94. The molecule has 1 aliphatic rings. The fraction of sp³-hybridized carbons (Fsp3) is 0.273. The van der Waals surface area contributed by atoms with Gasteiger partial charge in [0.15, 0.2) is 0 Å². The Hall–Kier alpha value is -3.46. The largest absolute Gasteiger partial charge is 0.337 e. The Bertz CT molecular complexity index is 971. The standard InChI is InChI=1S/C22H21N5O/c23-12-17-2-1-10-27(15-17)22(28)20-6-4-19(5-7-20)21-8-3-18(13-25-21)14-26-11-9-24-16-26/h3-9,11,13,16-17H,1-2,10,14-15H2/t17-/m1/s1. The minimum Gasteiger partial charge on any atom is -0.337 e. The molecule has 1 aromatic carbocycles. The Kier molecular flexibility index (Phi) is 5.16. The van der Waals surface area contributed by atoms with E-state index in [1.54, 1.807) is 17.4 Å². The second-order valence-corrected chi connectivity index (χ2v) is 7.08. The summed E-state index contributed by atoms with van der Waals surface area (Å²) < 4.78 is 1.99. The molecule has 1 amide bonds. The van der Waals surface area contributed by atoms with Crippen molar-refractivity contribution in [2.24, 2.45) is 5.92 Å². The van der Waals surface area contributed by atoms with Gasteiger partial charge in [-0.2, -0.15) is 5.26 Å². The van der Waals surface area contributed by atoms with Gasteiger partial charge in [0.1, 0.15) is 0 Å². The van der Waals surface area contributed by atoms with Crippen molar-refractivity contribution in [2.45, 2.75) is 19.4 Å². The molecule has 0 saturated carbocycles. The first-order valence-corrected chi connectivity index (χ1v) is 9.43. The molecule has 6 heteroatoms. The zero-order valence-corrected chi connectivity index (χ0v) is 15.5. The highest BCUT2D eigenvalue weighted by atomic mass is 16.2. The van der Waals surface area contributed by atoms with E-state index in [0.29, 0.717) is 12.1 Å². The number of likely N-dealkylation sites (tertiary alicyclic amines) is 1. The van der Waals surface area contributed by atoms with E-state index >= 15 is 0 Å². The molecule has 6 nitrogen and oxygen atoms in total. The number of hydrogen-bond donors (Lipinski definition) is 0. The summed E-state index contributed by atoms with van der Waals surface area (Å²) in [6, 6.07) is 13.9. The van der Waals surface area contributed by atoms with E-state index in [-0.39, 0.29) is 11.8 Å². The second-order valence-electron chi connectivity index (χ2n) is 7.08. The van der Waals surface area contributed by atoms with Crippen LogP contribution < -0.4 is 0 Å². The number of piperidine rings is 1. The summed E-state index contributed by atoms with van der Waals surface area (Å²) in [6.45, 7) is 1.98. The first kappa shape index (κ1) is 17.9. The Balaban J connectivity index is 1.44. The zero-order chi connectivity index (χ0) is 19.3. The van der Waals surface area contributed by atoms with Crippen LogP contribution in [0.5, 0.6) is 0 Å². The predicted octanol–water partition coefficient (Wildman–Crippen LogP) is 3.37. The van der Waals surface area contributed by atoms with Crippen molar-refractivity contribution < 1.29 is 4.79 Å². The normalized spacial score (nSPS) is 16.5. The first-order chi connectivity index (χ1) is 13.7. The van der Waals surface area contributed by atoms with Gasteiger partial charge < -0.3 is 9.47 Å². The van der Waals surface area contributed by atoms with Crippen LogP contribution >= 0.6 is 0 Å². The molecular formula is C22H21N5O. The fourth-order valence-electron chi connectivity index (χ4n) is 3.51. The van der Waals surface area contributed by atoms with Crippen molar-refractivity contribution in [3.8, 4) is 17.3 Å². The van der Waals surface area contributed by atoms with Gasteiger partial charge in [0.25, 0.3) is 5.91 Å². The molecule has 4 rings (SSSR count). The molecule has 0 radical (unpaired) electrons. The van der Waals surface area contributed by atoms with Crippen LogP contribution in [0, 0.1) is 17.2 Å². The molecule has 0 unspecified atom stereocenters. The minimum absolute atomic E-state index is 0.00450. The van der Waals surface area contributed by atoms with Crippen LogP contribution in [-0.4, -0.2) is 38.4 Å². The lowest BCUT2D eigenvalue weighted by Gasteiger charge is -2.29. The molecule has 0 bridgehead atoms. The van der Waals surface area contributed by atoms with Gasteiger partial charge >= 0.3 is 0 Å². The first-order valence-electron chi connectivity index (χ1n) is 9.43. The topological polar surface area (TPSA) is 74.8 Å². The fourth-order valence-corrected chi connectivity index (χ4v) is 3.51. The summed E-state index contributed by atoms with van der Waals surface area (Å²) in [4.78, 5) is 23.1. The molecule has 1 fully saturated rings. The van der Waals surface area contributed by atoms with Crippen LogP contribution in [-0.2, 0) is 6.54 Å². The molecule has 3 heterocycles. The van der Waals surface area contributed by atoms with Gasteiger partial charge in [0.05, 0.1) is 24.0 Å². The van der Waals surface area contributed by atoms with Gasteiger partial charge in [-0.05, 0) is 36.6 Å². The summed E-state index contributed by atoms with van der Waals surface area (Å²) in [7, 11) is 0. The number of imidazole rings is 1. The Morgan fingerprint density at radius 1 is 1.21 bits per heavy atom. The van der Waals surface area contributed by atoms with Crippen molar-refractivity contribution in [3.05, 3.63) is 72.4 Å². The highest BCUT2D eigenvalue weighted by Gasteiger charge is 2.24. The number of nitrogens with zero attached hydrogens (tertiary/aromatic N) is 5. The van der Waals surface area contributed by atoms with E-state index in [1.807, 2.05) is 47.3 Å². The number of carbonyl (C=O) groups excluding carboxylic acids is 1. The van der Waals surface area contributed by atoms with E-state index < -0.39 is 0 Å². The molecule has 1 atom stereocenters. The molecular weight excluding hydrogens is 350 g/mol. The zero-order valence-electron chi connectivity index (χ0n) is 15.5. The van der Waals surface area contributed by atoms with Crippen LogP contribution in [0.2, 0.25) is 0 Å². The number of nitriles is 1. The van der Waals surface area contributed by atoms with Gasteiger partial charge in [-0.25, -0.2) is 4.98 Å². The van der Waals surface area contributed by atoms with Gasteiger partial charge in [-0.1, -0.05) is 18.2 Å². The smallest absolute Gasteiger partial charge is 0.253 e. The van der Waals surface area contributed by atoms with Crippen molar-refractivity contribution >= 4 is 5.91 Å². The molecule has 28 heavy (non-hydrogen) atoms. The molecule has 0 N–H and O–H groups in total. The van der Waals surface area contributed by atoms with Crippen molar-refractivity contribution in [3.63, 3.8) is 0 Å². The number of rotatable bonds is 4. The van der Waals surface area contributed by atoms with E-state index in [2.05, 4.69) is 22.1 Å². The molecule has 140 valence electrons. The summed E-state index contributed by atoms with van der Waals surface area (Å²) >= 11 is 0. The molecule has 0 spiro atoms. The van der Waals surface area contributed by atoms with Crippen molar-refractivity contribution in [1.29, 1.82) is 5.26 Å². The quantitative estimate of drug-likeness (QED) is 0.705. The molecule has 2 aromatic heterocycles. The number of aromatic nitrogens is 3. The van der Waals surface area contributed by atoms with Gasteiger partial charge in [-0.15, -0.1) is 0 Å². The Labute approximate surface area is 164 Å². The monoisotopic (exact) mass is 371 g/mol. The van der Waals surface area contributed by atoms with E-state index in [9.17, 15) is 4.79 Å². The Morgan fingerprint density at radius 3 is 2.75 bits per heavy atom. The van der Waals surface area contributed by atoms with Gasteiger partial charge in [-0.3, -0.25) is 9.78 Å². The lowest BCUT2D eigenvalue weighted by Crippen LogP contribution is -2.39. The average molecular weight is 371 g/mol. The van der Waals surface area contributed by atoms with Crippen LogP contribution in [0.3, 0.4) is 0 Å². The van der Waals surface area contributed by atoms with E-state index in [1.165, 1.54) is 0 Å². The summed E-state index contributed by atoms with van der Waals surface area (Å²) in [6.07, 6.45) is 9.09. The third-order valence-electron chi connectivity index (χ3n) is 5.07. The van der Waals surface area contributed by atoms with Crippen LogP contribution in [0.1, 0.15) is 28.8 Å². The number of amides is 1. The lowest BCUT2D eigenvalue weighted by atomic mass is 9.98. The number of benzene rings is 1.